The first kappa shape index (κ1) is 67.1. The van der Waals surface area contributed by atoms with Gasteiger partial charge in [-0.3, -0.25) is 18.3 Å². The van der Waals surface area contributed by atoms with Crippen molar-refractivity contribution in [3.05, 3.63) is 287 Å². The molecule has 0 unspecified atom stereocenters. The number of aliphatic hydroxyl groups is 4. The number of rotatable bonds is 33. The summed E-state index contributed by atoms with van der Waals surface area (Å²) in [6.45, 7) is -8.11. The van der Waals surface area contributed by atoms with Crippen molar-refractivity contribution < 1.29 is 93.9 Å². The van der Waals surface area contributed by atoms with Crippen LogP contribution in [0.2, 0.25) is 0 Å². The second kappa shape index (κ2) is 30.1. The molecule has 8 rings (SSSR count). The topological polar surface area (TPSA) is 276 Å². The first-order valence-corrected chi connectivity index (χ1v) is 33.5. The summed E-state index contributed by atoms with van der Waals surface area (Å²) in [6, 6.07) is 60.0. The molecule has 0 saturated heterocycles. The van der Waals surface area contributed by atoms with E-state index >= 15 is 38.1 Å². The van der Waals surface area contributed by atoms with E-state index in [2.05, 4.69) is 0 Å². The van der Waals surface area contributed by atoms with Crippen molar-refractivity contribution in [1.82, 2.24) is 0 Å². The number of hydrogen-bond donors (Lipinski definition) is 4. The first-order valence-electron chi connectivity index (χ1n) is 27.3. The molecule has 0 amide bonds. The molecule has 0 fully saturated rings. The Morgan fingerprint density at radius 2 is 0.409 bits per heavy atom. The van der Waals surface area contributed by atoms with E-state index in [4.69, 9.17) is 45.7 Å². The Bertz CT molecular complexity index is 3270. The Labute approximate surface area is 509 Å². The lowest BCUT2D eigenvalue weighted by Gasteiger charge is -2.56. The standard InChI is InChI=1S/C64H66O20P4/c1-75-59(65)61(67,85(71,77-43-51-27-11-3-12-28-51)78-44-52-29-13-4-14-30-52)63(69,87(73,81-47-55-35-19-7-20-36-55)82-48-56-37-21-8-22-38-56)64(70,88(74,83-49-57-39-23-9-24-40-57)84-50-58-41-25-10-26-42-58)62(68,60(66)76-2)86(72,79-45-53-31-15-5-16-32-53)80-46-54-33-17-6-18-34-54/h3-42,67-70H,43-50H2,1-2H3/t61-,62+,63+,64-. The average molecular weight is 1280 g/mol. The quantitative estimate of drug-likeness (QED) is 0.0220. The van der Waals surface area contributed by atoms with E-state index in [9.17, 15) is 10.2 Å². The summed E-state index contributed by atoms with van der Waals surface area (Å²) >= 11 is 0. The number of carbonyl (C=O) groups is 2. The molecule has 0 spiro atoms. The molecule has 20 nitrogen and oxygen atoms in total. The highest BCUT2D eigenvalue weighted by Gasteiger charge is 2.96. The molecule has 8 aromatic carbocycles. The zero-order valence-electron chi connectivity index (χ0n) is 47.9. The Hall–Kier alpha value is -6.86. The van der Waals surface area contributed by atoms with Gasteiger partial charge in [-0.1, -0.05) is 243 Å². The smallest absolute Gasteiger partial charge is 0.378 e. The third-order valence-electron chi connectivity index (χ3n) is 13.9. The second-order valence-electron chi connectivity index (χ2n) is 19.7. The highest BCUT2D eigenvalue weighted by atomic mass is 31.2. The second-order valence-corrected chi connectivity index (χ2v) is 28.4. The lowest BCUT2D eigenvalue weighted by atomic mass is 9.99. The van der Waals surface area contributed by atoms with Gasteiger partial charge in [-0.15, -0.1) is 0 Å². The van der Waals surface area contributed by atoms with Crippen LogP contribution in [-0.2, 0) is 126 Å². The van der Waals surface area contributed by atoms with Gasteiger partial charge in [0.2, 0.25) is 0 Å². The zero-order valence-corrected chi connectivity index (χ0v) is 51.4. The van der Waals surface area contributed by atoms with Crippen molar-refractivity contribution in [3.63, 3.8) is 0 Å². The van der Waals surface area contributed by atoms with Gasteiger partial charge >= 0.3 is 53.0 Å². The summed E-state index contributed by atoms with van der Waals surface area (Å²) in [5.74, 6) is -4.89. The molecular weight excluding hydrogens is 1210 g/mol. The normalized spacial score (nSPS) is 14.9. The highest BCUT2D eigenvalue weighted by molar-refractivity contribution is 7.65. The fraction of sp³-hybridized carbons (Fsp3) is 0.219. The van der Waals surface area contributed by atoms with Crippen molar-refractivity contribution >= 4 is 42.3 Å². The van der Waals surface area contributed by atoms with Crippen molar-refractivity contribution in [3.8, 4) is 0 Å². The summed E-state index contributed by atoms with van der Waals surface area (Å²) in [6.07, 6.45) is 0. The SMILES string of the molecule is COC(=O)[C@@](O)([C@](O)([C@](O)([C@@](O)(C(=O)OC)P(=O)(OCc1ccccc1)OCc1ccccc1)P(=O)(OCc1ccccc1)OCc1ccccc1)P(=O)(OCc1ccccc1)OCc1ccccc1)P(=O)(OCc1ccccc1)OCc1ccccc1. The lowest BCUT2D eigenvalue weighted by Crippen LogP contribution is -2.78. The van der Waals surface area contributed by atoms with Crippen LogP contribution in [0.1, 0.15) is 44.5 Å². The van der Waals surface area contributed by atoms with Crippen LogP contribution >= 0.6 is 30.4 Å². The molecule has 24 heteroatoms. The van der Waals surface area contributed by atoms with Crippen molar-refractivity contribution in [2.45, 2.75) is 74.2 Å². The fourth-order valence-electron chi connectivity index (χ4n) is 9.19. The van der Waals surface area contributed by atoms with Crippen LogP contribution in [0.25, 0.3) is 0 Å². The molecule has 8 aromatic rings. The Morgan fingerprint density at radius 1 is 0.273 bits per heavy atom. The van der Waals surface area contributed by atoms with Crippen LogP contribution in [0.5, 0.6) is 0 Å². The Morgan fingerprint density at radius 3 is 0.545 bits per heavy atom. The van der Waals surface area contributed by atoms with E-state index in [1.165, 1.54) is 194 Å². The number of hydrogen-bond acceptors (Lipinski definition) is 20. The Balaban J connectivity index is 1.60. The van der Waals surface area contributed by atoms with E-state index < -0.39 is 117 Å². The van der Waals surface area contributed by atoms with E-state index in [0.717, 1.165) is 0 Å². The van der Waals surface area contributed by atoms with Crippen LogP contribution in [0.15, 0.2) is 243 Å². The Kier molecular flexibility index (Phi) is 22.9. The molecule has 0 aliphatic carbocycles. The van der Waals surface area contributed by atoms with Gasteiger partial charge in [-0.25, -0.2) is 9.59 Å². The molecule has 4 N–H and O–H groups in total. The average Bonchev–Trinajstić information content (AvgIpc) is 0.655. The minimum atomic E-state index is -7.04. The molecule has 462 valence electrons. The molecule has 0 aliphatic heterocycles. The summed E-state index contributed by atoms with van der Waals surface area (Å²) in [5, 5.41) is 38.4. The third kappa shape index (κ3) is 14.3. The zero-order chi connectivity index (χ0) is 62.8. The summed E-state index contributed by atoms with van der Waals surface area (Å²) < 4.78 is 130. The van der Waals surface area contributed by atoms with Crippen LogP contribution in [-0.4, -0.2) is 68.0 Å². The van der Waals surface area contributed by atoms with Gasteiger partial charge in [-0.05, 0) is 44.5 Å². The predicted molar refractivity (Wildman–Crippen MR) is 324 cm³/mol. The van der Waals surface area contributed by atoms with E-state index in [-0.39, 0.29) is 44.5 Å². The first-order chi connectivity index (χ1) is 42.3. The number of esters is 2. The van der Waals surface area contributed by atoms with Crippen LogP contribution < -0.4 is 0 Å². The molecule has 0 radical (unpaired) electrons. The van der Waals surface area contributed by atoms with E-state index in [0.29, 0.717) is 14.2 Å². The van der Waals surface area contributed by atoms with Crippen LogP contribution in [0.4, 0.5) is 0 Å². The van der Waals surface area contributed by atoms with Gasteiger partial charge in [0.1, 0.15) is 0 Å². The molecule has 0 aliphatic rings. The summed E-state index contributed by atoms with van der Waals surface area (Å²) in [5.41, 5.74) is 0.780. The van der Waals surface area contributed by atoms with Gasteiger partial charge in [0.25, 0.3) is 10.7 Å². The summed E-state index contributed by atoms with van der Waals surface area (Å²) in [7, 11) is -26.3. The van der Waals surface area contributed by atoms with Gasteiger partial charge in [0.15, 0.2) is 0 Å². The minimum Gasteiger partial charge on any atom is -0.466 e. The third-order valence-corrected chi connectivity index (χ3v) is 23.7. The number of methoxy groups -OCH3 is 2. The molecule has 88 heavy (non-hydrogen) atoms. The van der Waals surface area contributed by atoms with Crippen molar-refractivity contribution in [2.24, 2.45) is 0 Å². The van der Waals surface area contributed by atoms with Gasteiger partial charge in [0.05, 0.1) is 67.1 Å². The van der Waals surface area contributed by atoms with Crippen molar-refractivity contribution in [2.75, 3.05) is 14.2 Å². The monoisotopic (exact) mass is 1280 g/mol. The molecule has 0 aromatic heterocycles. The fourth-order valence-corrected chi connectivity index (χ4v) is 19.7. The maximum atomic E-state index is 17.8. The number of carbonyl (C=O) groups excluding carboxylic acids is 2. The van der Waals surface area contributed by atoms with Gasteiger partial charge in [0, 0.05) is 0 Å². The van der Waals surface area contributed by atoms with Gasteiger partial charge in [-0.2, -0.15) is 0 Å². The summed E-state index contributed by atoms with van der Waals surface area (Å²) in [4.78, 5) is 31.8. The number of ether oxygens (including phenoxy) is 2. The largest absolute Gasteiger partial charge is 0.466 e. The molecule has 0 saturated carbocycles. The van der Waals surface area contributed by atoms with Crippen molar-refractivity contribution in [1.29, 1.82) is 0 Å². The molecule has 4 atom stereocenters. The molecule has 0 heterocycles. The highest BCUT2D eigenvalue weighted by Crippen LogP contribution is 2.87. The van der Waals surface area contributed by atoms with E-state index in [1.54, 1.807) is 48.5 Å². The minimum absolute atomic E-state index is 0.0671. The lowest BCUT2D eigenvalue weighted by molar-refractivity contribution is -0.227. The predicted octanol–water partition coefficient (Wildman–Crippen LogP) is 12.6. The van der Waals surface area contributed by atoms with Gasteiger partial charge < -0.3 is 66.1 Å². The maximum absolute atomic E-state index is 17.8. The molecular formula is C64H66O20P4. The number of benzene rings is 8. The maximum Gasteiger partial charge on any atom is 0.378 e. The van der Waals surface area contributed by atoms with Crippen LogP contribution in [0.3, 0.4) is 0 Å². The molecule has 0 bridgehead atoms. The van der Waals surface area contributed by atoms with E-state index in [1.807, 2.05) is 0 Å². The van der Waals surface area contributed by atoms with Crippen LogP contribution in [0, 0.1) is 0 Å².